The lowest BCUT2D eigenvalue weighted by Gasteiger charge is -2.35. The Labute approximate surface area is 177 Å². The summed E-state index contributed by atoms with van der Waals surface area (Å²) in [6.45, 7) is -1.82. The molecule has 31 heavy (non-hydrogen) atoms. The van der Waals surface area contributed by atoms with Crippen LogP contribution in [0.1, 0.15) is 11.7 Å². The second-order valence-electron chi connectivity index (χ2n) is 6.90. The van der Waals surface area contributed by atoms with E-state index in [0.29, 0.717) is 0 Å². The lowest BCUT2D eigenvalue weighted by molar-refractivity contribution is -0.191. The van der Waals surface area contributed by atoms with E-state index in [1.807, 2.05) is 0 Å². The van der Waals surface area contributed by atoms with Crippen molar-refractivity contribution in [1.82, 2.24) is 9.21 Å². The molecule has 0 radical (unpaired) electrons. The van der Waals surface area contributed by atoms with Crippen molar-refractivity contribution in [1.29, 1.82) is 0 Å². The molecule has 1 amide bonds. The van der Waals surface area contributed by atoms with E-state index in [-0.39, 0.29) is 36.6 Å². The van der Waals surface area contributed by atoms with Gasteiger partial charge in [0.25, 0.3) is 5.91 Å². The molecule has 0 aliphatic carbocycles. The van der Waals surface area contributed by atoms with Gasteiger partial charge in [-0.1, -0.05) is 36.4 Å². The van der Waals surface area contributed by atoms with E-state index in [0.717, 1.165) is 16.4 Å². The molecule has 6 nitrogen and oxygen atoms in total. The Morgan fingerprint density at radius 1 is 1.00 bits per heavy atom. The van der Waals surface area contributed by atoms with Crippen LogP contribution in [0.15, 0.2) is 59.5 Å². The van der Waals surface area contributed by atoms with Crippen molar-refractivity contribution < 1.29 is 35.5 Å². The van der Waals surface area contributed by atoms with Crippen molar-refractivity contribution in [3.63, 3.8) is 0 Å². The highest BCUT2D eigenvalue weighted by Gasteiger charge is 2.36. The van der Waals surface area contributed by atoms with Gasteiger partial charge in [-0.25, -0.2) is 12.8 Å². The standard InChI is InChI=1S/C20H20F4N2O4S/c21-16-7-4-8-17(13-16)31(28,29)26-11-9-25(10-12-26)19(27)18(30-14-20(22,23)24)15-5-2-1-3-6-15/h1-8,13,18H,9-12,14H2/t18-/m1/s1. The number of hydrogen-bond donors (Lipinski definition) is 0. The summed E-state index contributed by atoms with van der Waals surface area (Å²) >= 11 is 0. The number of piperazine rings is 1. The molecule has 1 fully saturated rings. The van der Waals surface area contributed by atoms with Gasteiger partial charge in [-0.3, -0.25) is 4.79 Å². The smallest absolute Gasteiger partial charge is 0.354 e. The van der Waals surface area contributed by atoms with E-state index in [1.54, 1.807) is 18.2 Å². The van der Waals surface area contributed by atoms with Gasteiger partial charge in [-0.15, -0.1) is 0 Å². The van der Waals surface area contributed by atoms with Crippen molar-refractivity contribution in [3.05, 3.63) is 66.0 Å². The molecule has 0 aromatic heterocycles. The quantitative estimate of drug-likeness (QED) is 0.622. The van der Waals surface area contributed by atoms with Crippen LogP contribution in [0.3, 0.4) is 0 Å². The zero-order valence-electron chi connectivity index (χ0n) is 16.3. The van der Waals surface area contributed by atoms with Gasteiger partial charge in [-0.2, -0.15) is 17.5 Å². The predicted octanol–water partition coefficient (Wildman–Crippen LogP) is 2.98. The average Bonchev–Trinajstić information content (AvgIpc) is 2.74. The van der Waals surface area contributed by atoms with Crippen LogP contribution in [0.4, 0.5) is 17.6 Å². The molecule has 1 aliphatic heterocycles. The third-order valence-electron chi connectivity index (χ3n) is 4.72. The summed E-state index contributed by atoms with van der Waals surface area (Å²) in [5.41, 5.74) is 0.270. The summed E-state index contributed by atoms with van der Waals surface area (Å²) in [5, 5.41) is 0. The molecule has 2 aromatic carbocycles. The van der Waals surface area contributed by atoms with Gasteiger partial charge < -0.3 is 9.64 Å². The summed E-state index contributed by atoms with van der Waals surface area (Å²) in [4.78, 5) is 14.0. The fourth-order valence-corrected chi connectivity index (χ4v) is 4.66. The minimum Gasteiger partial charge on any atom is -0.354 e. The summed E-state index contributed by atoms with van der Waals surface area (Å²) < 4.78 is 82.8. The summed E-state index contributed by atoms with van der Waals surface area (Å²) in [6, 6.07) is 12.4. The van der Waals surface area contributed by atoms with Crippen LogP contribution in [-0.4, -0.2) is 62.5 Å². The molecule has 3 rings (SSSR count). The van der Waals surface area contributed by atoms with Crippen LogP contribution < -0.4 is 0 Å². The maximum atomic E-state index is 13.4. The summed E-state index contributed by atoms with van der Waals surface area (Å²) in [5.74, 6) is -1.37. The van der Waals surface area contributed by atoms with E-state index >= 15 is 0 Å². The van der Waals surface area contributed by atoms with Crippen LogP contribution in [0.5, 0.6) is 0 Å². The van der Waals surface area contributed by atoms with Gasteiger partial charge in [0.15, 0.2) is 6.10 Å². The zero-order chi connectivity index (χ0) is 22.6. The largest absolute Gasteiger partial charge is 0.411 e. The van der Waals surface area contributed by atoms with Gasteiger partial charge >= 0.3 is 6.18 Å². The zero-order valence-corrected chi connectivity index (χ0v) is 17.1. The van der Waals surface area contributed by atoms with Crippen LogP contribution in [0.2, 0.25) is 0 Å². The molecular weight excluding hydrogens is 440 g/mol. The van der Waals surface area contributed by atoms with Crippen molar-refractivity contribution in [3.8, 4) is 0 Å². The number of hydrogen-bond acceptors (Lipinski definition) is 4. The van der Waals surface area contributed by atoms with Crippen LogP contribution in [-0.2, 0) is 19.6 Å². The maximum absolute atomic E-state index is 13.4. The molecular formula is C20H20F4N2O4S. The number of halogens is 4. The van der Waals surface area contributed by atoms with Gasteiger partial charge in [0.1, 0.15) is 12.4 Å². The molecule has 0 saturated carbocycles. The summed E-state index contributed by atoms with van der Waals surface area (Å²) in [6.07, 6.45) is -6.07. The molecule has 168 valence electrons. The molecule has 0 N–H and O–H groups in total. The molecule has 11 heteroatoms. The molecule has 2 aromatic rings. The molecule has 1 saturated heterocycles. The molecule has 0 bridgehead atoms. The monoisotopic (exact) mass is 460 g/mol. The van der Waals surface area contributed by atoms with Crippen molar-refractivity contribution in [2.75, 3.05) is 32.8 Å². The van der Waals surface area contributed by atoms with E-state index < -0.39 is 40.6 Å². The number of benzene rings is 2. The first kappa shape index (κ1) is 23.2. The lowest BCUT2D eigenvalue weighted by Crippen LogP contribution is -2.51. The molecule has 0 spiro atoms. The minimum absolute atomic E-state index is 0.0356. The number of sulfonamides is 1. The van der Waals surface area contributed by atoms with Crippen LogP contribution >= 0.6 is 0 Å². The molecule has 1 heterocycles. The number of nitrogens with zero attached hydrogens (tertiary/aromatic N) is 2. The number of alkyl halides is 3. The third kappa shape index (κ3) is 5.81. The highest BCUT2D eigenvalue weighted by atomic mass is 32.2. The van der Waals surface area contributed by atoms with Gasteiger partial charge in [-0.05, 0) is 23.8 Å². The molecule has 1 atom stereocenters. The van der Waals surface area contributed by atoms with Crippen LogP contribution in [0, 0.1) is 5.82 Å². The highest BCUT2D eigenvalue weighted by Crippen LogP contribution is 2.26. The summed E-state index contributed by atoms with van der Waals surface area (Å²) in [7, 11) is -3.96. The first-order chi connectivity index (χ1) is 14.6. The Morgan fingerprint density at radius 2 is 1.65 bits per heavy atom. The van der Waals surface area contributed by atoms with Gasteiger partial charge in [0.05, 0.1) is 4.90 Å². The minimum atomic E-state index is -4.61. The topological polar surface area (TPSA) is 66.9 Å². The lowest BCUT2D eigenvalue weighted by atomic mass is 10.1. The van der Waals surface area contributed by atoms with E-state index in [4.69, 9.17) is 4.74 Å². The fourth-order valence-electron chi connectivity index (χ4n) is 3.21. The second kappa shape index (κ2) is 9.33. The number of ether oxygens (including phenoxy) is 1. The van der Waals surface area contributed by atoms with Crippen molar-refractivity contribution >= 4 is 15.9 Å². The van der Waals surface area contributed by atoms with E-state index in [2.05, 4.69) is 0 Å². The number of carbonyl (C=O) groups excluding carboxylic acids is 1. The van der Waals surface area contributed by atoms with E-state index in [9.17, 15) is 30.8 Å². The number of carbonyl (C=O) groups is 1. The molecule has 1 aliphatic rings. The number of amides is 1. The van der Waals surface area contributed by atoms with Crippen molar-refractivity contribution in [2.45, 2.75) is 17.2 Å². The molecule has 0 unspecified atom stereocenters. The van der Waals surface area contributed by atoms with Crippen LogP contribution in [0.25, 0.3) is 0 Å². The first-order valence-corrected chi connectivity index (χ1v) is 10.8. The fraction of sp³-hybridized carbons (Fsp3) is 0.350. The maximum Gasteiger partial charge on any atom is 0.411 e. The van der Waals surface area contributed by atoms with Gasteiger partial charge in [0, 0.05) is 26.2 Å². The Bertz CT molecular complexity index is 1010. The Hall–Kier alpha value is -2.50. The average molecular weight is 460 g/mol. The predicted molar refractivity (Wildman–Crippen MR) is 103 cm³/mol. The SMILES string of the molecule is O=C([C@H](OCC(F)(F)F)c1ccccc1)N1CCN(S(=O)(=O)c2cccc(F)c2)CC1. The second-order valence-corrected chi connectivity index (χ2v) is 8.84. The Balaban J connectivity index is 1.71. The Kier molecular flexibility index (Phi) is 6.97. The highest BCUT2D eigenvalue weighted by molar-refractivity contribution is 7.89. The number of rotatable bonds is 6. The van der Waals surface area contributed by atoms with Crippen molar-refractivity contribution in [2.24, 2.45) is 0 Å². The van der Waals surface area contributed by atoms with E-state index in [1.165, 1.54) is 29.2 Å². The Morgan fingerprint density at radius 3 is 2.23 bits per heavy atom. The van der Waals surface area contributed by atoms with Gasteiger partial charge in [0.2, 0.25) is 10.0 Å². The normalized spacial score (nSPS) is 16.8. The third-order valence-corrected chi connectivity index (χ3v) is 6.62. The first-order valence-electron chi connectivity index (χ1n) is 9.36.